The maximum atomic E-state index is 12.2. The minimum atomic E-state index is -0.263. The third-order valence-corrected chi connectivity index (χ3v) is 3.73. The number of benzene rings is 1. The molecule has 0 unspecified atom stereocenters. The monoisotopic (exact) mass is 318 g/mol. The van der Waals surface area contributed by atoms with E-state index in [4.69, 9.17) is 11.6 Å². The smallest absolute Gasteiger partial charge is 0.225 e. The van der Waals surface area contributed by atoms with Gasteiger partial charge in [0, 0.05) is 29.2 Å². The molecule has 8 heteroatoms. The maximum absolute atomic E-state index is 12.2. The average Bonchev–Trinajstić information content (AvgIpc) is 3.05. The van der Waals surface area contributed by atoms with E-state index in [-0.39, 0.29) is 18.4 Å². The normalized spacial score (nSPS) is 12.5. The Kier molecular flexibility index (Phi) is 3.81. The number of nitrogens with zero attached hydrogens (tertiary/aromatic N) is 4. The Morgan fingerprint density at radius 3 is 3.05 bits per heavy atom. The number of halogens is 1. The minimum Gasteiger partial charge on any atom is -0.361 e. The number of nitrogens with one attached hydrogen (secondary N) is 2. The van der Waals surface area contributed by atoms with E-state index in [2.05, 4.69) is 25.8 Å². The molecule has 7 nitrogen and oxygen atoms in total. The Hall–Kier alpha value is -2.41. The molecule has 0 aliphatic rings. The van der Waals surface area contributed by atoms with Crippen molar-refractivity contribution in [2.45, 2.75) is 19.4 Å². The number of carbonyl (C=O) groups excluding carboxylic acids is 1. The summed E-state index contributed by atoms with van der Waals surface area (Å²) in [5.74, 6) is 0.506. The number of H-pyrrole nitrogens is 1. The van der Waals surface area contributed by atoms with E-state index in [1.54, 1.807) is 7.05 Å². The maximum Gasteiger partial charge on any atom is 0.225 e. The van der Waals surface area contributed by atoms with Crippen molar-refractivity contribution >= 4 is 28.4 Å². The van der Waals surface area contributed by atoms with Crippen molar-refractivity contribution < 1.29 is 4.79 Å². The van der Waals surface area contributed by atoms with Crippen LogP contribution in [0.1, 0.15) is 24.4 Å². The van der Waals surface area contributed by atoms with Gasteiger partial charge in [-0.05, 0) is 41.1 Å². The molecule has 1 atom stereocenters. The first-order valence-electron chi connectivity index (χ1n) is 6.81. The topological polar surface area (TPSA) is 88.5 Å². The van der Waals surface area contributed by atoms with Crippen LogP contribution in [0.4, 0.5) is 0 Å². The summed E-state index contributed by atoms with van der Waals surface area (Å²) in [5.41, 5.74) is 1.86. The summed E-state index contributed by atoms with van der Waals surface area (Å²) >= 11 is 6.01. The molecule has 0 spiro atoms. The number of tetrazole rings is 1. The average molecular weight is 319 g/mol. The van der Waals surface area contributed by atoms with Crippen LogP contribution in [0.3, 0.4) is 0 Å². The highest BCUT2D eigenvalue weighted by Crippen LogP contribution is 2.22. The molecule has 3 rings (SSSR count). The van der Waals surface area contributed by atoms with Crippen LogP contribution in [0.5, 0.6) is 0 Å². The number of fused-ring (bicyclic) bond motifs is 1. The zero-order valence-corrected chi connectivity index (χ0v) is 12.9. The molecule has 0 aliphatic carbocycles. The first-order valence-corrected chi connectivity index (χ1v) is 7.19. The van der Waals surface area contributed by atoms with Crippen LogP contribution >= 0.6 is 11.6 Å². The number of amides is 1. The van der Waals surface area contributed by atoms with Crippen LogP contribution in [-0.2, 0) is 18.3 Å². The summed E-state index contributed by atoms with van der Waals surface area (Å²) in [6.45, 7) is 1.84. The predicted octanol–water partition coefficient (Wildman–Crippen LogP) is 1.76. The third-order valence-electron chi connectivity index (χ3n) is 3.50. The van der Waals surface area contributed by atoms with Gasteiger partial charge in [0.05, 0.1) is 12.5 Å². The van der Waals surface area contributed by atoms with Crippen molar-refractivity contribution in [1.29, 1.82) is 0 Å². The van der Waals surface area contributed by atoms with Crippen molar-refractivity contribution in [1.82, 2.24) is 30.5 Å². The van der Waals surface area contributed by atoms with Crippen LogP contribution in [0, 0.1) is 0 Å². The van der Waals surface area contributed by atoms with Gasteiger partial charge in [-0.25, -0.2) is 4.68 Å². The van der Waals surface area contributed by atoms with Crippen LogP contribution in [0.2, 0.25) is 5.02 Å². The molecule has 0 aliphatic heterocycles. The zero-order chi connectivity index (χ0) is 15.7. The summed E-state index contributed by atoms with van der Waals surface area (Å²) in [7, 11) is 1.74. The van der Waals surface area contributed by atoms with Gasteiger partial charge in [0.1, 0.15) is 0 Å². The largest absolute Gasteiger partial charge is 0.361 e. The van der Waals surface area contributed by atoms with Crippen molar-refractivity contribution in [3.63, 3.8) is 0 Å². The molecule has 0 saturated heterocycles. The number of carbonyl (C=O) groups is 1. The number of hydrogen-bond acceptors (Lipinski definition) is 4. The van der Waals surface area contributed by atoms with Crippen molar-refractivity contribution in [3.8, 4) is 0 Å². The second kappa shape index (κ2) is 5.76. The van der Waals surface area contributed by atoms with Crippen LogP contribution < -0.4 is 5.32 Å². The van der Waals surface area contributed by atoms with Crippen LogP contribution in [0.25, 0.3) is 10.9 Å². The molecule has 22 heavy (non-hydrogen) atoms. The first-order chi connectivity index (χ1) is 10.5. The summed E-state index contributed by atoms with van der Waals surface area (Å²) < 4.78 is 1.54. The van der Waals surface area contributed by atoms with Gasteiger partial charge in [-0.1, -0.05) is 11.6 Å². The van der Waals surface area contributed by atoms with E-state index in [0.29, 0.717) is 10.8 Å². The van der Waals surface area contributed by atoms with Gasteiger partial charge < -0.3 is 10.3 Å². The van der Waals surface area contributed by atoms with Crippen LogP contribution in [-0.4, -0.2) is 31.1 Å². The molecule has 0 radical (unpaired) electrons. The lowest BCUT2D eigenvalue weighted by atomic mass is 10.1. The second-order valence-corrected chi connectivity index (χ2v) is 5.57. The first kappa shape index (κ1) is 14.5. The van der Waals surface area contributed by atoms with Gasteiger partial charge in [0.15, 0.2) is 5.82 Å². The molecular weight excluding hydrogens is 304 g/mol. The predicted molar refractivity (Wildman–Crippen MR) is 82.4 cm³/mol. The lowest BCUT2D eigenvalue weighted by Crippen LogP contribution is -2.29. The number of rotatable bonds is 4. The SMILES string of the molecule is C[C@@H](NC(=O)Cc1c[nH]c2ccc(Cl)cc12)c1nnnn1C. The van der Waals surface area contributed by atoms with Gasteiger partial charge in [-0.15, -0.1) is 5.10 Å². The fourth-order valence-electron chi connectivity index (χ4n) is 2.43. The number of aryl methyl sites for hydroxylation is 1. The van der Waals surface area contributed by atoms with Crippen molar-refractivity contribution in [3.05, 3.63) is 40.8 Å². The zero-order valence-electron chi connectivity index (χ0n) is 12.2. The van der Waals surface area contributed by atoms with Crippen LogP contribution in [0.15, 0.2) is 24.4 Å². The molecule has 0 saturated carbocycles. The van der Waals surface area contributed by atoms with Gasteiger partial charge >= 0.3 is 0 Å². The van der Waals surface area contributed by atoms with Gasteiger partial charge in [-0.3, -0.25) is 4.79 Å². The lowest BCUT2D eigenvalue weighted by molar-refractivity contribution is -0.121. The van der Waals surface area contributed by atoms with Gasteiger partial charge in [0.2, 0.25) is 5.91 Å². The lowest BCUT2D eigenvalue weighted by Gasteiger charge is -2.11. The molecule has 1 amide bonds. The summed E-state index contributed by atoms with van der Waals surface area (Å²) in [6, 6.07) is 5.30. The Morgan fingerprint density at radius 2 is 2.32 bits per heavy atom. The Morgan fingerprint density at radius 1 is 1.50 bits per heavy atom. The summed E-state index contributed by atoms with van der Waals surface area (Å²) in [4.78, 5) is 15.4. The van der Waals surface area contributed by atoms with E-state index in [0.717, 1.165) is 16.5 Å². The molecule has 3 aromatic rings. The molecule has 2 heterocycles. The molecule has 2 N–H and O–H groups in total. The number of hydrogen-bond donors (Lipinski definition) is 2. The standard InChI is InChI=1S/C14H15ClN6O/c1-8(14-18-19-20-21(14)2)17-13(22)5-9-7-16-12-4-3-10(15)6-11(9)12/h3-4,6-8,16H,5H2,1-2H3,(H,17,22)/t8-/m1/s1. The third kappa shape index (κ3) is 2.80. The highest BCUT2D eigenvalue weighted by molar-refractivity contribution is 6.31. The Bertz CT molecular complexity index is 824. The highest BCUT2D eigenvalue weighted by atomic mass is 35.5. The fraction of sp³-hybridized carbons (Fsp3) is 0.286. The number of aromatic nitrogens is 5. The van der Waals surface area contributed by atoms with Gasteiger partial charge in [0.25, 0.3) is 0 Å². The van der Waals surface area contributed by atoms with Gasteiger partial charge in [-0.2, -0.15) is 0 Å². The Balaban J connectivity index is 1.73. The Labute approximate surface area is 131 Å². The molecule has 2 aromatic heterocycles. The second-order valence-electron chi connectivity index (χ2n) is 5.13. The quantitative estimate of drug-likeness (QED) is 0.767. The fourth-order valence-corrected chi connectivity index (χ4v) is 2.60. The molecular formula is C14H15ClN6O. The van der Waals surface area contributed by atoms with E-state index in [9.17, 15) is 4.79 Å². The molecule has 114 valence electrons. The minimum absolute atomic E-state index is 0.101. The van der Waals surface area contributed by atoms with E-state index in [1.165, 1.54) is 4.68 Å². The van der Waals surface area contributed by atoms with Crippen molar-refractivity contribution in [2.24, 2.45) is 7.05 Å². The highest BCUT2D eigenvalue weighted by Gasteiger charge is 2.16. The van der Waals surface area contributed by atoms with E-state index in [1.807, 2.05) is 31.3 Å². The molecule has 0 fully saturated rings. The molecule has 1 aromatic carbocycles. The van der Waals surface area contributed by atoms with E-state index >= 15 is 0 Å². The van der Waals surface area contributed by atoms with E-state index < -0.39 is 0 Å². The summed E-state index contributed by atoms with van der Waals surface area (Å²) in [6.07, 6.45) is 2.09. The molecule has 0 bridgehead atoms. The van der Waals surface area contributed by atoms with Crippen molar-refractivity contribution in [2.75, 3.05) is 0 Å². The summed E-state index contributed by atoms with van der Waals surface area (Å²) in [5, 5.41) is 15.7. The number of aromatic amines is 1.